The van der Waals surface area contributed by atoms with Crippen LogP contribution in [-0.2, 0) is 13.5 Å². The number of hydrogen-bond donors (Lipinski definition) is 1. The highest BCUT2D eigenvalue weighted by Gasteiger charge is 2.23. The molecular formula is C32H31F2N3O. The Balaban J connectivity index is 1.49. The molecule has 1 fully saturated rings. The van der Waals surface area contributed by atoms with Crippen molar-refractivity contribution in [3.63, 3.8) is 0 Å². The van der Waals surface area contributed by atoms with E-state index in [2.05, 4.69) is 35.7 Å². The summed E-state index contributed by atoms with van der Waals surface area (Å²) in [4.78, 5) is 21.6. The molecule has 0 radical (unpaired) electrons. The van der Waals surface area contributed by atoms with Crippen molar-refractivity contribution in [3.8, 4) is 11.1 Å². The molecule has 0 atom stereocenters. The van der Waals surface area contributed by atoms with Crippen LogP contribution in [0.1, 0.15) is 65.0 Å². The zero-order valence-electron chi connectivity index (χ0n) is 22.0. The number of rotatable bonds is 7. The zero-order chi connectivity index (χ0) is 26.6. The number of aryl methyl sites for hydroxylation is 4. The predicted octanol–water partition coefficient (Wildman–Crippen LogP) is 7.97. The van der Waals surface area contributed by atoms with E-state index in [0.717, 1.165) is 81.4 Å². The highest BCUT2D eigenvalue weighted by atomic mass is 19.1. The van der Waals surface area contributed by atoms with Crippen LogP contribution in [0.2, 0.25) is 0 Å². The van der Waals surface area contributed by atoms with E-state index < -0.39 is 17.4 Å². The average molecular weight is 512 g/mol. The molecule has 194 valence electrons. The van der Waals surface area contributed by atoms with Crippen LogP contribution in [0.5, 0.6) is 0 Å². The molecule has 6 heteroatoms. The van der Waals surface area contributed by atoms with E-state index in [1.165, 1.54) is 31.2 Å². The first-order valence-corrected chi connectivity index (χ1v) is 13.4. The second kappa shape index (κ2) is 9.50. The molecular weight excluding hydrogens is 480 g/mol. The van der Waals surface area contributed by atoms with E-state index in [4.69, 9.17) is 4.98 Å². The third-order valence-electron chi connectivity index (χ3n) is 8.32. The summed E-state index contributed by atoms with van der Waals surface area (Å²) in [5, 5.41) is 0.731. The standard InChI is InChI=1S/C32H31F2N3O/c1-18-13-28-31(36-19(2)37(28)3)26(11-5-9-20-7-4-8-20)29(18)25-12-6-10-24-27(17-35-30(24)25)32(38)21-14-22(33)16-23(34)15-21/h6,10,12-17,20,35H,4-5,7-9,11H2,1-3H3. The number of aromatic amines is 1. The predicted molar refractivity (Wildman–Crippen MR) is 148 cm³/mol. The first-order valence-electron chi connectivity index (χ1n) is 13.4. The quantitative estimate of drug-likeness (QED) is 0.225. The van der Waals surface area contributed by atoms with Crippen molar-refractivity contribution >= 4 is 27.7 Å². The van der Waals surface area contributed by atoms with Crippen LogP contribution in [-0.4, -0.2) is 20.3 Å². The van der Waals surface area contributed by atoms with Gasteiger partial charge in [0.2, 0.25) is 0 Å². The van der Waals surface area contributed by atoms with Crippen LogP contribution in [0.4, 0.5) is 8.78 Å². The van der Waals surface area contributed by atoms with Crippen LogP contribution >= 0.6 is 0 Å². The lowest BCUT2D eigenvalue weighted by molar-refractivity contribution is 0.103. The Kier molecular flexibility index (Phi) is 6.13. The van der Waals surface area contributed by atoms with Crippen LogP contribution in [0.15, 0.2) is 48.7 Å². The molecule has 2 heterocycles. The number of imidazole rings is 1. The summed E-state index contributed by atoms with van der Waals surface area (Å²) in [5.74, 6) is -0.132. The van der Waals surface area contributed by atoms with Gasteiger partial charge in [-0.2, -0.15) is 0 Å². The lowest BCUT2D eigenvalue weighted by atomic mass is 9.81. The Morgan fingerprint density at radius 2 is 1.87 bits per heavy atom. The van der Waals surface area contributed by atoms with E-state index in [-0.39, 0.29) is 5.56 Å². The highest BCUT2D eigenvalue weighted by molar-refractivity contribution is 6.18. The Bertz CT molecular complexity index is 1690. The molecule has 0 amide bonds. The SMILES string of the molecule is Cc1cc2c(nc(C)n2C)c(CCCC2CCC2)c1-c1cccc2c(C(=O)c3cc(F)cc(F)c3)c[nH]c12. The smallest absolute Gasteiger partial charge is 0.195 e. The van der Waals surface area contributed by atoms with Crippen molar-refractivity contribution in [2.75, 3.05) is 0 Å². The lowest BCUT2D eigenvalue weighted by Crippen LogP contribution is -2.11. The van der Waals surface area contributed by atoms with Crippen LogP contribution in [0.25, 0.3) is 33.1 Å². The summed E-state index contributed by atoms with van der Waals surface area (Å²) in [6.07, 6.45) is 8.96. The van der Waals surface area contributed by atoms with Crippen LogP contribution < -0.4 is 0 Å². The number of H-pyrrole nitrogens is 1. The summed E-state index contributed by atoms with van der Waals surface area (Å²) in [6, 6.07) is 11.0. The van der Waals surface area contributed by atoms with Gasteiger partial charge in [0.1, 0.15) is 17.5 Å². The maximum absolute atomic E-state index is 13.8. The zero-order valence-corrected chi connectivity index (χ0v) is 22.0. The molecule has 0 aliphatic heterocycles. The molecule has 0 bridgehead atoms. The summed E-state index contributed by atoms with van der Waals surface area (Å²) in [7, 11) is 2.06. The Morgan fingerprint density at radius 1 is 1.11 bits per heavy atom. The van der Waals surface area contributed by atoms with Gasteiger partial charge in [0, 0.05) is 41.4 Å². The Labute approximate surface area is 220 Å². The van der Waals surface area contributed by atoms with Gasteiger partial charge >= 0.3 is 0 Å². The largest absolute Gasteiger partial charge is 0.360 e. The summed E-state index contributed by atoms with van der Waals surface area (Å²) >= 11 is 0. The molecule has 6 rings (SSSR count). The minimum Gasteiger partial charge on any atom is -0.360 e. The van der Waals surface area contributed by atoms with Gasteiger partial charge in [-0.1, -0.05) is 43.9 Å². The summed E-state index contributed by atoms with van der Waals surface area (Å²) in [5.41, 5.74) is 7.94. The topological polar surface area (TPSA) is 50.7 Å². The average Bonchev–Trinajstić information content (AvgIpc) is 3.41. The van der Waals surface area contributed by atoms with E-state index in [1.54, 1.807) is 6.20 Å². The second-order valence-electron chi connectivity index (χ2n) is 10.7. The maximum Gasteiger partial charge on any atom is 0.195 e. The Morgan fingerprint density at radius 3 is 2.58 bits per heavy atom. The van der Waals surface area contributed by atoms with Crippen molar-refractivity contribution in [2.45, 2.75) is 52.4 Å². The molecule has 1 aliphatic carbocycles. The van der Waals surface area contributed by atoms with E-state index in [1.807, 2.05) is 19.1 Å². The van der Waals surface area contributed by atoms with Gasteiger partial charge < -0.3 is 9.55 Å². The van der Waals surface area contributed by atoms with Crippen molar-refractivity contribution in [2.24, 2.45) is 13.0 Å². The van der Waals surface area contributed by atoms with Gasteiger partial charge in [0.25, 0.3) is 0 Å². The number of nitrogens with zero attached hydrogens (tertiary/aromatic N) is 2. The molecule has 1 N–H and O–H groups in total. The molecule has 3 aromatic carbocycles. The van der Waals surface area contributed by atoms with Gasteiger partial charge in [-0.25, -0.2) is 13.8 Å². The molecule has 1 aliphatic rings. The Hall–Kier alpha value is -3.80. The van der Waals surface area contributed by atoms with E-state index in [0.29, 0.717) is 5.56 Å². The molecule has 0 spiro atoms. The van der Waals surface area contributed by atoms with Crippen LogP contribution in [0, 0.1) is 31.4 Å². The van der Waals surface area contributed by atoms with Crippen molar-refractivity contribution in [1.29, 1.82) is 0 Å². The number of halogens is 2. The van der Waals surface area contributed by atoms with Crippen molar-refractivity contribution in [1.82, 2.24) is 14.5 Å². The van der Waals surface area contributed by atoms with Gasteiger partial charge in [-0.15, -0.1) is 0 Å². The van der Waals surface area contributed by atoms with Gasteiger partial charge in [-0.05, 0) is 67.5 Å². The normalized spacial score (nSPS) is 13.9. The number of fused-ring (bicyclic) bond motifs is 2. The second-order valence-corrected chi connectivity index (χ2v) is 10.7. The number of benzene rings is 3. The van der Waals surface area contributed by atoms with Gasteiger partial charge in [-0.3, -0.25) is 4.79 Å². The molecule has 4 nitrogen and oxygen atoms in total. The monoisotopic (exact) mass is 511 g/mol. The first kappa shape index (κ1) is 24.5. The number of ketones is 1. The fourth-order valence-corrected chi connectivity index (χ4v) is 6.01. The van der Waals surface area contributed by atoms with Crippen LogP contribution in [0.3, 0.4) is 0 Å². The first-order chi connectivity index (χ1) is 18.3. The molecule has 5 aromatic rings. The summed E-state index contributed by atoms with van der Waals surface area (Å²) < 4.78 is 29.8. The van der Waals surface area contributed by atoms with E-state index >= 15 is 0 Å². The number of para-hydroxylation sites is 1. The molecule has 38 heavy (non-hydrogen) atoms. The summed E-state index contributed by atoms with van der Waals surface area (Å²) in [6.45, 7) is 4.17. The number of nitrogens with one attached hydrogen (secondary N) is 1. The van der Waals surface area contributed by atoms with Crippen molar-refractivity contribution < 1.29 is 13.6 Å². The fraction of sp³-hybridized carbons (Fsp3) is 0.312. The minimum absolute atomic E-state index is 0.00736. The molecule has 2 aromatic heterocycles. The van der Waals surface area contributed by atoms with Crippen molar-refractivity contribution in [3.05, 3.63) is 88.4 Å². The third kappa shape index (κ3) is 4.12. The minimum atomic E-state index is -0.769. The van der Waals surface area contributed by atoms with Gasteiger partial charge in [0.05, 0.1) is 16.6 Å². The van der Waals surface area contributed by atoms with Gasteiger partial charge in [0.15, 0.2) is 5.78 Å². The third-order valence-corrected chi connectivity index (χ3v) is 8.32. The number of carbonyl (C=O) groups is 1. The number of hydrogen-bond acceptors (Lipinski definition) is 2. The van der Waals surface area contributed by atoms with E-state index in [9.17, 15) is 13.6 Å². The molecule has 0 unspecified atom stereocenters. The molecule has 1 saturated carbocycles. The number of aromatic nitrogens is 3. The lowest BCUT2D eigenvalue weighted by Gasteiger charge is -2.25. The number of carbonyl (C=O) groups excluding carboxylic acids is 1. The highest BCUT2D eigenvalue weighted by Crippen LogP contribution is 2.39. The fourth-order valence-electron chi connectivity index (χ4n) is 6.01. The maximum atomic E-state index is 13.8. The molecule has 0 saturated heterocycles.